The van der Waals surface area contributed by atoms with E-state index in [1.807, 2.05) is 6.08 Å². The summed E-state index contributed by atoms with van der Waals surface area (Å²) in [6, 6.07) is 13.1. The lowest BCUT2D eigenvalue weighted by molar-refractivity contribution is -0.116. The third-order valence-corrected chi connectivity index (χ3v) is 5.15. The Kier molecular flexibility index (Phi) is 6.84. The minimum Gasteiger partial charge on any atom is -0.287 e. The van der Waals surface area contributed by atoms with Crippen LogP contribution >= 0.6 is 0 Å². The van der Waals surface area contributed by atoms with E-state index in [0.717, 1.165) is 17.6 Å². The minimum atomic E-state index is -0.0300. The van der Waals surface area contributed by atoms with Gasteiger partial charge in [-0.15, -0.1) is 0 Å². The van der Waals surface area contributed by atoms with Crippen molar-refractivity contribution < 1.29 is 4.79 Å². The van der Waals surface area contributed by atoms with Crippen molar-refractivity contribution in [2.24, 2.45) is 0 Å². The Hall–Kier alpha value is -2.13. The molecule has 0 aliphatic carbocycles. The lowest BCUT2D eigenvalue weighted by atomic mass is 9.98. The minimum absolute atomic E-state index is 0.0300. The lowest BCUT2D eigenvalue weighted by Gasteiger charge is -2.07. The zero-order valence-corrected chi connectivity index (χ0v) is 15.8. The number of aryl methyl sites for hydroxylation is 1. The van der Waals surface area contributed by atoms with Gasteiger partial charge in [0.1, 0.15) is 0 Å². The molecule has 3 rings (SSSR count). The summed E-state index contributed by atoms with van der Waals surface area (Å²) >= 11 is 0. The molecule has 2 N–H and O–H groups in total. The van der Waals surface area contributed by atoms with E-state index in [-0.39, 0.29) is 5.91 Å². The van der Waals surface area contributed by atoms with Gasteiger partial charge < -0.3 is 0 Å². The normalized spacial score (nSPS) is 15.7. The SMILES string of the molecule is CCCCCCCCCc1ccc2c(/C=C3\CNNC3=O)cccc2c1. The molecule has 0 radical (unpaired) electrons. The molecule has 0 aromatic heterocycles. The third kappa shape index (κ3) is 4.95. The van der Waals surface area contributed by atoms with Gasteiger partial charge in [0.25, 0.3) is 5.91 Å². The van der Waals surface area contributed by atoms with Crippen molar-refractivity contribution in [2.45, 2.75) is 58.3 Å². The molecule has 0 atom stereocenters. The molecule has 2 aromatic carbocycles. The van der Waals surface area contributed by atoms with E-state index >= 15 is 0 Å². The quantitative estimate of drug-likeness (QED) is 0.485. The summed E-state index contributed by atoms with van der Waals surface area (Å²) in [7, 11) is 0. The van der Waals surface area contributed by atoms with Crippen LogP contribution in [0.25, 0.3) is 16.8 Å². The molecule has 26 heavy (non-hydrogen) atoms. The predicted octanol–water partition coefficient (Wildman–Crippen LogP) is 5.15. The molecule has 0 unspecified atom stereocenters. The van der Waals surface area contributed by atoms with Crippen molar-refractivity contribution >= 4 is 22.8 Å². The molecule has 0 spiro atoms. The van der Waals surface area contributed by atoms with E-state index in [4.69, 9.17) is 0 Å². The van der Waals surface area contributed by atoms with Gasteiger partial charge in [0.15, 0.2) is 0 Å². The average molecular weight is 351 g/mol. The number of nitrogens with one attached hydrogen (secondary N) is 2. The summed E-state index contributed by atoms with van der Waals surface area (Å²) in [5.41, 5.74) is 8.82. The Balaban J connectivity index is 1.62. The maximum absolute atomic E-state index is 11.8. The molecule has 1 amide bonds. The number of benzene rings is 2. The first-order valence-electron chi connectivity index (χ1n) is 10.0. The number of unbranched alkanes of at least 4 members (excludes halogenated alkanes) is 6. The molecular weight excluding hydrogens is 320 g/mol. The van der Waals surface area contributed by atoms with Crippen LogP contribution in [-0.2, 0) is 11.2 Å². The Morgan fingerprint density at radius 1 is 1.00 bits per heavy atom. The zero-order valence-electron chi connectivity index (χ0n) is 15.8. The topological polar surface area (TPSA) is 41.1 Å². The second kappa shape index (κ2) is 9.54. The Labute approximate surface area is 156 Å². The maximum atomic E-state index is 11.8. The summed E-state index contributed by atoms with van der Waals surface area (Å²) in [5, 5.41) is 2.47. The second-order valence-corrected chi connectivity index (χ2v) is 7.25. The fourth-order valence-corrected chi connectivity index (χ4v) is 3.61. The van der Waals surface area contributed by atoms with E-state index in [9.17, 15) is 4.79 Å². The van der Waals surface area contributed by atoms with Crippen LogP contribution in [0, 0.1) is 0 Å². The largest absolute Gasteiger partial charge is 0.287 e. The average Bonchev–Trinajstić information content (AvgIpc) is 3.06. The smallest absolute Gasteiger partial charge is 0.262 e. The number of hydrazine groups is 1. The van der Waals surface area contributed by atoms with Crippen molar-refractivity contribution in [1.29, 1.82) is 0 Å². The van der Waals surface area contributed by atoms with Crippen molar-refractivity contribution in [3.8, 4) is 0 Å². The van der Waals surface area contributed by atoms with Gasteiger partial charge in [0, 0.05) is 12.1 Å². The summed E-state index contributed by atoms with van der Waals surface area (Å²) < 4.78 is 0. The van der Waals surface area contributed by atoms with Crippen LogP contribution in [0.1, 0.15) is 63.0 Å². The van der Waals surface area contributed by atoms with Crippen LogP contribution in [0.3, 0.4) is 0 Å². The van der Waals surface area contributed by atoms with Crippen molar-refractivity contribution in [3.05, 3.63) is 53.1 Å². The van der Waals surface area contributed by atoms with Gasteiger partial charge in [0.05, 0.1) is 0 Å². The summed E-state index contributed by atoms with van der Waals surface area (Å²) in [6.45, 7) is 2.84. The number of hydrogen-bond donors (Lipinski definition) is 2. The molecular formula is C23H30N2O. The lowest BCUT2D eigenvalue weighted by Crippen LogP contribution is -2.25. The van der Waals surface area contributed by atoms with E-state index < -0.39 is 0 Å². The van der Waals surface area contributed by atoms with Crippen molar-refractivity contribution in [3.63, 3.8) is 0 Å². The number of rotatable bonds is 9. The van der Waals surface area contributed by atoms with Gasteiger partial charge >= 0.3 is 0 Å². The van der Waals surface area contributed by atoms with E-state index in [1.165, 1.54) is 61.3 Å². The van der Waals surface area contributed by atoms with E-state index in [0.29, 0.717) is 6.54 Å². The Bertz CT molecular complexity index is 779. The van der Waals surface area contributed by atoms with Gasteiger partial charge in [-0.3, -0.25) is 10.2 Å². The number of carbonyl (C=O) groups is 1. The summed E-state index contributed by atoms with van der Waals surface area (Å²) in [4.78, 5) is 11.8. The first-order chi connectivity index (χ1) is 12.8. The van der Waals surface area contributed by atoms with Gasteiger partial charge in [-0.1, -0.05) is 81.8 Å². The number of amides is 1. The highest BCUT2D eigenvalue weighted by Crippen LogP contribution is 2.24. The predicted molar refractivity (Wildman–Crippen MR) is 110 cm³/mol. The van der Waals surface area contributed by atoms with Crippen molar-refractivity contribution in [1.82, 2.24) is 10.9 Å². The van der Waals surface area contributed by atoms with Crippen LogP contribution in [0.5, 0.6) is 0 Å². The molecule has 0 saturated carbocycles. The fraction of sp³-hybridized carbons (Fsp3) is 0.435. The standard InChI is InChI=1S/C23H30N2O/c1-2-3-4-5-6-7-8-10-18-13-14-22-19(15-18)11-9-12-20(22)16-21-17-24-25-23(21)26/h9,11-16,24H,2-8,10,17H2,1H3,(H,25,26)/b21-16+. The van der Waals surface area contributed by atoms with Crippen LogP contribution in [0.15, 0.2) is 42.0 Å². The molecule has 1 aliphatic heterocycles. The zero-order chi connectivity index (χ0) is 18.2. The van der Waals surface area contributed by atoms with E-state index in [1.54, 1.807) is 0 Å². The molecule has 138 valence electrons. The molecule has 0 bridgehead atoms. The molecule has 3 heteroatoms. The molecule has 1 aliphatic rings. The Morgan fingerprint density at radius 3 is 2.58 bits per heavy atom. The maximum Gasteiger partial charge on any atom is 0.262 e. The van der Waals surface area contributed by atoms with Gasteiger partial charge in [-0.25, -0.2) is 5.43 Å². The van der Waals surface area contributed by atoms with Crippen LogP contribution < -0.4 is 10.9 Å². The van der Waals surface area contributed by atoms with Gasteiger partial charge in [-0.05, 0) is 40.8 Å². The molecule has 1 fully saturated rings. The third-order valence-electron chi connectivity index (χ3n) is 5.15. The number of hydrogen-bond acceptors (Lipinski definition) is 2. The number of carbonyl (C=O) groups excluding carboxylic acids is 1. The molecule has 1 saturated heterocycles. The van der Waals surface area contributed by atoms with Crippen LogP contribution in [0.2, 0.25) is 0 Å². The Morgan fingerprint density at radius 2 is 1.81 bits per heavy atom. The highest BCUT2D eigenvalue weighted by molar-refractivity contribution is 6.02. The van der Waals surface area contributed by atoms with Crippen molar-refractivity contribution in [2.75, 3.05) is 6.54 Å². The van der Waals surface area contributed by atoms with Gasteiger partial charge in [-0.2, -0.15) is 0 Å². The van der Waals surface area contributed by atoms with Crippen LogP contribution in [-0.4, -0.2) is 12.5 Å². The summed E-state index contributed by atoms with van der Waals surface area (Å²) in [5.74, 6) is -0.0300. The number of fused-ring (bicyclic) bond motifs is 1. The highest BCUT2D eigenvalue weighted by atomic mass is 16.2. The first-order valence-corrected chi connectivity index (χ1v) is 10.0. The van der Waals surface area contributed by atoms with E-state index in [2.05, 4.69) is 54.2 Å². The molecule has 2 aromatic rings. The summed E-state index contributed by atoms with van der Waals surface area (Å²) in [6.07, 6.45) is 12.6. The van der Waals surface area contributed by atoms with Crippen LogP contribution in [0.4, 0.5) is 0 Å². The monoisotopic (exact) mass is 350 g/mol. The first kappa shape index (κ1) is 18.7. The second-order valence-electron chi connectivity index (χ2n) is 7.25. The highest BCUT2D eigenvalue weighted by Gasteiger charge is 2.15. The molecule has 3 nitrogen and oxygen atoms in total. The molecule has 1 heterocycles. The fourth-order valence-electron chi connectivity index (χ4n) is 3.61. The van der Waals surface area contributed by atoms with Gasteiger partial charge in [0.2, 0.25) is 0 Å².